The van der Waals surface area contributed by atoms with Crippen molar-refractivity contribution < 1.29 is 5.11 Å². The second-order valence-electron chi connectivity index (χ2n) is 4.03. The number of aryl methyl sites for hydroxylation is 2. The third-order valence-electron chi connectivity index (χ3n) is 2.98. The van der Waals surface area contributed by atoms with Gasteiger partial charge in [0.15, 0.2) is 0 Å². The first-order chi connectivity index (χ1) is 6.15. The van der Waals surface area contributed by atoms with E-state index < -0.39 is 5.60 Å². The van der Waals surface area contributed by atoms with E-state index in [0.29, 0.717) is 0 Å². The second kappa shape index (κ2) is 2.85. The van der Waals surface area contributed by atoms with Crippen LogP contribution in [-0.2, 0) is 12.0 Å². The van der Waals surface area contributed by atoms with E-state index in [4.69, 9.17) is 0 Å². The quantitative estimate of drug-likeness (QED) is 0.734. The average molecular weight is 176 g/mol. The standard InChI is InChI=1S/C12H16O/c1-3-10-4-5-11(8-9(10)2)12(13)6-7-12/h4-5,8,13H,3,6-7H2,1-2H3. The minimum absolute atomic E-state index is 0.475. The highest BCUT2D eigenvalue weighted by atomic mass is 16.3. The van der Waals surface area contributed by atoms with Crippen molar-refractivity contribution in [2.24, 2.45) is 0 Å². The van der Waals surface area contributed by atoms with E-state index >= 15 is 0 Å². The molecule has 0 spiro atoms. The van der Waals surface area contributed by atoms with Crippen molar-refractivity contribution in [1.29, 1.82) is 0 Å². The van der Waals surface area contributed by atoms with E-state index in [9.17, 15) is 5.11 Å². The summed E-state index contributed by atoms with van der Waals surface area (Å²) < 4.78 is 0. The molecule has 1 saturated carbocycles. The molecule has 0 heterocycles. The fourth-order valence-electron chi connectivity index (χ4n) is 1.79. The van der Waals surface area contributed by atoms with E-state index in [2.05, 4.69) is 32.0 Å². The van der Waals surface area contributed by atoms with E-state index in [1.807, 2.05) is 0 Å². The Labute approximate surface area is 79.4 Å². The van der Waals surface area contributed by atoms with Gasteiger partial charge in [-0.15, -0.1) is 0 Å². The van der Waals surface area contributed by atoms with Gasteiger partial charge in [-0.2, -0.15) is 0 Å². The number of hydrogen-bond donors (Lipinski definition) is 1. The minimum Gasteiger partial charge on any atom is -0.385 e. The summed E-state index contributed by atoms with van der Waals surface area (Å²) in [5.74, 6) is 0. The summed E-state index contributed by atoms with van der Waals surface area (Å²) >= 11 is 0. The van der Waals surface area contributed by atoms with Crippen molar-refractivity contribution in [1.82, 2.24) is 0 Å². The summed E-state index contributed by atoms with van der Waals surface area (Å²) in [5, 5.41) is 9.89. The van der Waals surface area contributed by atoms with Crippen LogP contribution in [0.4, 0.5) is 0 Å². The summed E-state index contributed by atoms with van der Waals surface area (Å²) in [6, 6.07) is 6.34. The highest BCUT2D eigenvalue weighted by molar-refractivity contribution is 5.36. The van der Waals surface area contributed by atoms with Gasteiger partial charge < -0.3 is 5.11 Å². The van der Waals surface area contributed by atoms with Crippen molar-refractivity contribution in [2.45, 2.75) is 38.7 Å². The van der Waals surface area contributed by atoms with Crippen LogP contribution in [0, 0.1) is 6.92 Å². The maximum Gasteiger partial charge on any atom is 0.0899 e. The maximum absolute atomic E-state index is 9.89. The van der Waals surface area contributed by atoms with Crippen LogP contribution in [0.25, 0.3) is 0 Å². The van der Waals surface area contributed by atoms with Crippen LogP contribution in [0.5, 0.6) is 0 Å². The largest absolute Gasteiger partial charge is 0.385 e. The van der Waals surface area contributed by atoms with Gasteiger partial charge in [0.1, 0.15) is 0 Å². The van der Waals surface area contributed by atoms with Gasteiger partial charge in [-0.25, -0.2) is 0 Å². The zero-order valence-electron chi connectivity index (χ0n) is 8.30. The summed E-state index contributed by atoms with van der Waals surface area (Å²) in [6.07, 6.45) is 2.93. The van der Waals surface area contributed by atoms with Gasteiger partial charge in [0.05, 0.1) is 5.60 Å². The smallest absolute Gasteiger partial charge is 0.0899 e. The van der Waals surface area contributed by atoms with Gasteiger partial charge in [0.25, 0.3) is 0 Å². The summed E-state index contributed by atoms with van der Waals surface area (Å²) in [5.41, 5.74) is 3.31. The second-order valence-corrected chi connectivity index (χ2v) is 4.03. The van der Waals surface area contributed by atoms with Gasteiger partial charge in [0.2, 0.25) is 0 Å². The molecule has 0 bridgehead atoms. The monoisotopic (exact) mass is 176 g/mol. The lowest BCUT2D eigenvalue weighted by Crippen LogP contribution is -2.04. The molecular weight excluding hydrogens is 160 g/mol. The molecule has 0 atom stereocenters. The highest BCUT2D eigenvalue weighted by Gasteiger charge is 2.42. The Balaban J connectivity index is 2.36. The average Bonchev–Trinajstić information content (AvgIpc) is 2.85. The molecule has 2 rings (SSSR count). The zero-order chi connectivity index (χ0) is 9.47. The van der Waals surface area contributed by atoms with Crippen LogP contribution >= 0.6 is 0 Å². The number of hydrogen-bond acceptors (Lipinski definition) is 1. The Morgan fingerprint density at radius 1 is 1.38 bits per heavy atom. The van der Waals surface area contributed by atoms with Crippen LogP contribution in [0.2, 0.25) is 0 Å². The molecule has 0 amide bonds. The van der Waals surface area contributed by atoms with Gasteiger partial charge in [-0.1, -0.05) is 25.1 Å². The van der Waals surface area contributed by atoms with Crippen LogP contribution < -0.4 is 0 Å². The Morgan fingerprint density at radius 3 is 2.54 bits per heavy atom. The molecule has 1 fully saturated rings. The molecular formula is C12H16O. The van der Waals surface area contributed by atoms with Crippen molar-refractivity contribution in [3.05, 3.63) is 34.9 Å². The van der Waals surface area contributed by atoms with E-state index in [0.717, 1.165) is 24.8 Å². The Hall–Kier alpha value is -0.820. The lowest BCUT2D eigenvalue weighted by Gasteiger charge is -2.11. The number of rotatable bonds is 2. The fraction of sp³-hybridized carbons (Fsp3) is 0.500. The predicted octanol–water partition coefficient (Wildman–Crippen LogP) is 2.54. The lowest BCUT2D eigenvalue weighted by atomic mass is 9.99. The number of aliphatic hydroxyl groups is 1. The normalized spacial score (nSPS) is 18.7. The third kappa shape index (κ3) is 1.49. The van der Waals surface area contributed by atoms with Crippen molar-refractivity contribution in [3.8, 4) is 0 Å². The molecule has 1 aromatic carbocycles. The first-order valence-corrected chi connectivity index (χ1v) is 4.98. The minimum atomic E-state index is -0.475. The van der Waals surface area contributed by atoms with Crippen molar-refractivity contribution in [2.75, 3.05) is 0 Å². The molecule has 1 heteroatoms. The summed E-state index contributed by atoms with van der Waals surface area (Å²) in [6.45, 7) is 4.28. The molecule has 1 aromatic rings. The lowest BCUT2D eigenvalue weighted by molar-refractivity contribution is 0.151. The van der Waals surface area contributed by atoms with Gasteiger partial charge in [-0.05, 0) is 42.9 Å². The van der Waals surface area contributed by atoms with E-state index in [-0.39, 0.29) is 0 Å². The molecule has 0 aromatic heterocycles. The highest BCUT2D eigenvalue weighted by Crippen LogP contribution is 2.45. The maximum atomic E-state index is 9.89. The predicted molar refractivity (Wildman–Crippen MR) is 53.7 cm³/mol. The van der Waals surface area contributed by atoms with Gasteiger partial charge in [-0.3, -0.25) is 0 Å². The van der Waals surface area contributed by atoms with Crippen LogP contribution in [0.3, 0.4) is 0 Å². The van der Waals surface area contributed by atoms with Crippen molar-refractivity contribution in [3.63, 3.8) is 0 Å². The Morgan fingerprint density at radius 2 is 2.08 bits per heavy atom. The molecule has 0 aliphatic heterocycles. The third-order valence-corrected chi connectivity index (χ3v) is 2.98. The summed E-state index contributed by atoms with van der Waals surface area (Å²) in [4.78, 5) is 0. The molecule has 1 nitrogen and oxygen atoms in total. The molecule has 13 heavy (non-hydrogen) atoms. The molecule has 1 aliphatic carbocycles. The first-order valence-electron chi connectivity index (χ1n) is 4.98. The Bertz CT molecular complexity index is 324. The summed E-state index contributed by atoms with van der Waals surface area (Å²) in [7, 11) is 0. The van der Waals surface area contributed by atoms with Crippen molar-refractivity contribution >= 4 is 0 Å². The van der Waals surface area contributed by atoms with Crippen LogP contribution in [0.15, 0.2) is 18.2 Å². The SMILES string of the molecule is CCc1ccc(C2(O)CC2)cc1C. The topological polar surface area (TPSA) is 20.2 Å². The van der Waals surface area contributed by atoms with Gasteiger partial charge in [0, 0.05) is 0 Å². The van der Waals surface area contributed by atoms with Gasteiger partial charge >= 0.3 is 0 Å². The van der Waals surface area contributed by atoms with Crippen LogP contribution in [-0.4, -0.2) is 5.11 Å². The molecule has 0 radical (unpaired) electrons. The van der Waals surface area contributed by atoms with Crippen LogP contribution in [0.1, 0.15) is 36.5 Å². The first kappa shape index (κ1) is 8.76. The molecule has 70 valence electrons. The zero-order valence-corrected chi connectivity index (χ0v) is 8.30. The molecule has 1 N–H and O–H groups in total. The Kier molecular flexibility index (Phi) is 1.92. The molecule has 0 unspecified atom stereocenters. The fourth-order valence-corrected chi connectivity index (χ4v) is 1.79. The molecule has 1 aliphatic rings. The number of benzene rings is 1. The van der Waals surface area contributed by atoms with E-state index in [1.54, 1.807) is 0 Å². The molecule has 0 saturated heterocycles. The van der Waals surface area contributed by atoms with E-state index in [1.165, 1.54) is 11.1 Å².